The Kier molecular flexibility index (Phi) is 5.22. The second kappa shape index (κ2) is 6.72. The van der Waals surface area contributed by atoms with Crippen LogP contribution in [0, 0.1) is 0 Å². The number of hydrogen-bond acceptors (Lipinski definition) is 3. The van der Waals surface area contributed by atoms with E-state index < -0.39 is 6.10 Å². The molecule has 1 unspecified atom stereocenters. The van der Waals surface area contributed by atoms with Gasteiger partial charge in [0.25, 0.3) is 0 Å². The zero-order chi connectivity index (χ0) is 14.6. The maximum absolute atomic E-state index is 10.7. The third-order valence-corrected chi connectivity index (χ3v) is 4.56. The Morgan fingerprint density at radius 1 is 1.30 bits per heavy atom. The molecule has 1 aromatic heterocycles. The number of aliphatic hydroxyl groups is 1. The molecule has 1 N–H and O–H groups in total. The number of hydrogen-bond donors (Lipinski definition) is 1. The fourth-order valence-corrected chi connectivity index (χ4v) is 3.16. The lowest BCUT2D eigenvalue weighted by Crippen LogP contribution is -2.45. The molecule has 1 aliphatic carbocycles. The molecule has 1 fully saturated rings. The van der Waals surface area contributed by atoms with E-state index in [1.807, 2.05) is 16.9 Å². The number of rotatable bonds is 5. The molecule has 0 aromatic carbocycles. The smallest absolute Gasteiger partial charge is 0.0940 e. The van der Waals surface area contributed by atoms with Crippen LogP contribution >= 0.6 is 0 Å². The van der Waals surface area contributed by atoms with Gasteiger partial charge >= 0.3 is 0 Å². The third kappa shape index (κ3) is 3.41. The van der Waals surface area contributed by atoms with Crippen LogP contribution in [0.15, 0.2) is 12.3 Å². The zero-order valence-corrected chi connectivity index (χ0v) is 13.0. The van der Waals surface area contributed by atoms with E-state index in [9.17, 15) is 5.11 Å². The Bertz CT molecular complexity index is 406. The molecule has 0 amide bonds. The van der Waals surface area contributed by atoms with E-state index in [1.54, 1.807) is 7.11 Å². The SMILES string of the molecule is COC1(C(O)Cc2ccn(C(C)C)n2)CCCCCC1. The molecule has 2 rings (SSSR count). The lowest BCUT2D eigenvalue weighted by Gasteiger charge is -2.36. The van der Waals surface area contributed by atoms with Crippen molar-refractivity contribution in [2.75, 3.05) is 7.11 Å². The maximum Gasteiger partial charge on any atom is 0.0940 e. The minimum atomic E-state index is -0.471. The van der Waals surface area contributed by atoms with Crippen molar-refractivity contribution in [3.63, 3.8) is 0 Å². The number of aliphatic hydroxyl groups excluding tert-OH is 1. The number of aromatic nitrogens is 2. The molecule has 1 atom stereocenters. The van der Waals surface area contributed by atoms with Crippen LogP contribution in [0.1, 0.15) is 64.1 Å². The highest BCUT2D eigenvalue weighted by Gasteiger charge is 2.38. The number of methoxy groups -OCH3 is 1. The molecule has 0 bridgehead atoms. The average molecular weight is 280 g/mol. The molecule has 1 saturated carbocycles. The van der Waals surface area contributed by atoms with Crippen LogP contribution in [-0.2, 0) is 11.2 Å². The minimum Gasteiger partial charge on any atom is -0.390 e. The highest BCUT2D eigenvalue weighted by molar-refractivity contribution is 5.04. The topological polar surface area (TPSA) is 47.3 Å². The van der Waals surface area contributed by atoms with Gasteiger partial charge in [0.1, 0.15) is 0 Å². The summed E-state index contributed by atoms with van der Waals surface area (Å²) < 4.78 is 7.70. The first kappa shape index (κ1) is 15.5. The Morgan fingerprint density at radius 3 is 2.45 bits per heavy atom. The van der Waals surface area contributed by atoms with Gasteiger partial charge in [0.15, 0.2) is 0 Å². The Hall–Kier alpha value is -0.870. The van der Waals surface area contributed by atoms with Crippen LogP contribution in [0.2, 0.25) is 0 Å². The number of nitrogens with zero attached hydrogens (tertiary/aromatic N) is 2. The van der Waals surface area contributed by atoms with Crippen molar-refractivity contribution in [1.82, 2.24) is 9.78 Å². The van der Waals surface area contributed by atoms with E-state index in [4.69, 9.17) is 4.74 Å². The van der Waals surface area contributed by atoms with Gasteiger partial charge in [0, 0.05) is 25.8 Å². The van der Waals surface area contributed by atoms with Gasteiger partial charge in [-0.3, -0.25) is 4.68 Å². The molecule has 1 aromatic rings. The summed E-state index contributed by atoms with van der Waals surface area (Å²) in [5.74, 6) is 0. The summed E-state index contributed by atoms with van der Waals surface area (Å²) in [4.78, 5) is 0. The molecule has 1 aliphatic rings. The van der Waals surface area contributed by atoms with Gasteiger partial charge in [0.2, 0.25) is 0 Å². The predicted octanol–water partition coefficient (Wildman–Crippen LogP) is 3.11. The van der Waals surface area contributed by atoms with E-state index in [1.165, 1.54) is 12.8 Å². The molecule has 20 heavy (non-hydrogen) atoms. The Balaban J connectivity index is 2.05. The summed E-state index contributed by atoms with van der Waals surface area (Å²) in [6.07, 6.45) is 8.79. The highest BCUT2D eigenvalue weighted by Crippen LogP contribution is 2.34. The van der Waals surface area contributed by atoms with Crippen LogP contribution in [-0.4, -0.2) is 33.7 Å². The second-order valence-electron chi connectivity index (χ2n) is 6.28. The molecule has 1 heterocycles. The molecule has 0 saturated heterocycles. The van der Waals surface area contributed by atoms with Crippen molar-refractivity contribution in [1.29, 1.82) is 0 Å². The third-order valence-electron chi connectivity index (χ3n) is 4.56. The van der Waals surface area contributed by atoms with Crippen molar-refractivity contribution in [3.8, 4) is 0 Å². The fourth-order valence-electron chi connectivity index (χ4n) is 3.16. The van der Waals surface area contributed by atoms with E-state index in [0.717, 1.165) is 31.4 Å². The van der Waals surface area contributed by atoms with Crippen molar-refractivity contribution < 1.29 is 9.84 Å². The summed E-state index contributed by atoms with van der Waals surface area (Å²) in [6, 6.07) is 2.36. The van der Waals surface area contributed by atoms with Crippen LogP contribution in [0.5, 0.6) is 0 Å². The van der Waals surface area contributed by atoms with Crippen molar-refractivity contribution >= 4 is 0 Å². The summed E-state index contributed by atoms with van der Waals surface area (Å²) in [6.45, 7) is 4.21. The van der Waals surface area contributed by atoms with Crippen molar-refractivity contribution in [2.24, 2.45) is 0 Å². The lowest BCUT2D eigenvalue weighted by atomic mass is 9.85. The molecule has 0 aliphatic heterocycles. The standard InChI is InChI=1S/C16H28N2O2/c1-13(2)18-11-8-14(17-18)12-15(19)16(20-3)9-6-4-5-7-10-16/h8,11,13,15,19H,4-7,9-10,12H2,1-3H3. The van der Waals surface area contributed by atoms with Gasteiger partial charge in [-0.2, -0.15) is 5.10 Å². The van der Waals surface area contributed by atoms with E-state index in [-0.39, 0.29) is 5.60 Å². The van der Waals surface area contributed by atoms with Crippen LogP contribution in [0.3, 0.4) is 0 Å². The molecular formula is C16H28N2O2. The van der Waals surface area contributed by atoms with Gasteiger partial charge < -0.3 is 9.84 Å². The van der Waals surface area contributed by atoms with Gasteiger partial charge in [-0.15, -0.1) is 0 Å². The molecular weight excluding hydrogens is 252 g/mol. The number of ether oxygens (including phenoxy) is 1. The Labute approximate surface area is 122 Å². The van der Waals surface area contributed by atoms with Gasteiger partial charge in [-0.25, -0.2) is 0 Å². The van der Waals surface area contributed by atoms with Crippen LogP contribution < -0.4 is 0 Å². The summed E-state index contributed by atoms with van der Waals surface area (Å²) in [7, 11) is 1.74. The van der Waals surface area contributed by atoms with Crippen molar-refractivity contribution in [3.05, 3.63) is 18.0 Å². The first-order valence-electron chi connectivity index (χ1n) is 7.84. The van der Waals surface area contributed by atoms with E-state index >= 15 is 0 Å². The largest absolute Gasteiger partial charge is 0.390 e. The quantitative estimate of drug-likeness (QED) is 0.843. The molecule has 0 spiro atoms. The monoisotopic (exact) mass is 280 g/mol. The minimum absolute atomic E-state index is 0.357. The van der Waals surface area contributed by atoms with Gasteiger partial charge in [0.05, 0.1) is 17.4 Å². The van der Waals surface area contributed by atoms with E-state index in [2.05, 4.69) is 18.9 Å². The second-order valence-corrected chi connectivity index (χ2v) is 6.28. The van der Waals surface area contributed by atoms with Gasteiger partial charge in [-0.1, -0.05) is 25.7 Å². The zero-order valence-electron chi connectivity index (χ0n) is 13.0. The first-order chi connectivity index (χ1) is 9.57. The van der Waals surface area contributed by atoms with Crippen LogP contribution in [0.4, 0.5) is 0 Å². The predicted molar refractivity (Wildman–Crippen MR) is 79.8 cm³/mol. The first-order valence-corrected chi connectivity index (χ1v) is 7.84. The maximum atomic E-state index is 10.7. The average Bonchev–Trinajstić information content (AvgIpc) is 2.75. The summed E-state index contributed by atoms with van der Waals surface area (Å²) in [5, 5.41) is 15.2. The summed E-state index contributed by atoms with van der Waals surface area (Å²) in [5.41, 5.74) is 0.574. The Morgan fingerprint density at radius 2 is 1.95 bits per heavy atom. The normalized spacial score (nSPS) is 20.9. The molecule has 4 heteroatoms. The van der Waals surface area contributed by atoms with Gasteiger partial charge in [-0.05, 0) is 32.8 Å². The summed E-state index contributed by atoms with van der Waals surface area (Å²) >= 11 is 0. The lowest BCUT2D eigenvalue weighted by molar-refractivity contribution is -0.111. The molecule has 4 nitrogen and oxygen atoms in total. The molecule has 0 radical (unpaired) electrons. The highest BCUT2D eigenvalue weighted by atomic mass is 16.5. The van der Waals surface area contributed by atoms with E-state index in [0.29, 0.717) is 12.5 Å². The van der Waals surface area contributed by atoms with Crippen LogP contribution in [0.25, 0.3) is 0 Å². The van der Waals surface area contributed by atoms with Crippen molar-refractivity contribution in [2.45, 2.75) is 76.5 Å². The fraction of sp³-hybridized carbons (Fsp3) is 0.812. The molecule has 114 valence electrons.